The third kappa shape index (κ3) is 2.03. The van der Waals surface area contributed by atoms with Gasteiger partial charge in [0.1, 0.15) is 0 Å². The van der Waals surface area contributed by atoms with E-state index in [1.165, 1.54) is 5.56 Å². The number of fused-ring (bicyclic) bond motifs is 1. The molecule has 0 saturated carbocycles. The number of rotatable bonds is 3. The second kappa shape index (κ2) is 4.39. The van der Waals surface area contributed by atoms with Crippen molar-refractivity contribution in [3.8, 4) is 0 Å². The number of carboxylic acids is 1. The summed E-state index contributed by atoms with van der Waals surface area (Å²) in [5.41, 5.74) is 7.74. The molecule has 98 valence electrons. The summed E-state index contributed by atoms with van der Waals surface area (Å²) in [7, 11) is 0. The predicted molar refractivity (Wildman–Crippen MR) is 71.6 cm³/mol. The summed E-state index contributed by atoms with van der Waals surface area (Å²) in [4.78, 5) is 11.3. The Balaban J connectivity index is 2.59. The topological polar surface area (TPSA) is 63.3 Å². The van der Waals surface area contributed by atoms with E-state index in [9.17, 15) is 9.90 Å². The van der Waals surface area contributed by atoms with Gasteiger partial charge in [0.25, 0.3) is 0 Å². The van der Waals surface area contributed by atoms with E-state index < -0.39 is 16.9 Å². The second-order valence-electron chi connectivity index (χ2n) is 5.89. The number of hydrogen-bond acceptors (Lipinski definition) is 2. The standard InChI is InChI=1S/C15H21NO2/c1-14(2,16)15(10-13(17)18)9-5-7-11-6-3-4-8-12(11)15/h3-4,6,8H,5,7,9-10,16H2,1-2H3,(H,17,18). The molecule has 1 aliphatic rings. The van der Waals surface area contributed by atoms with Crippen LogP contribution in [0.5, 0.6) is 0 Å². The zero-order chi connectivity index (χ0) is 13.4. The van der Waals surface area contributed by atoms with Crippen LogP contribution in [0.25, 0.3) is 0 Å². The smallest absolute Gasteiger partial charge is 0.304 e. The zero-order valence-corrected chi connectivity index (χ0v) is 11.1. The van der Waals surface area contributed by atoms with Crippen LogP contribution in [0.1, 0.15) is 44.2 Å². The normalized spacial score (nSPS) is 23.5. The van der Waals surface area contributed by atoms with Crippen molar-refractivity contribution < 1.29 is 9.90 Å². The Morgan fingerprint density at radius 1 is 1.44 bits per heavy atom. The molecule has 18 heavy (non-hydrogen) atoms. The van der Waals surface area contributed by atoms with E-state index in [0.29, 0.717) is 0 Å². The van der Waals surface area contributed by atoms with Gasteiger partial charge in [0.15, 0.2) is 0 Å². The van der Waals surface area contributed by atoms with Gasteiger partial charge in [-0.1, -0.05) is 24.3 Å². The molecule has 3 N–H and O–H groups in total. The van der Waals surface area contributed by atoms with E-state index in [2.05, 4.69) is 6.07 Å². The van der Waals surface area contributed by atoms with Gasteiger partial charge >= 0.3 is 5.97 Å². The van der Waals surface area contributed by atoms with E-state index in [1.54, 1.807) is 0 Å². The quantitative estimate of drug-likeness (QED) is 0.862. The number of hydrogen-bond donors (Lipinski definition) is 2. The lowest BCUT2D eigenvalue weighted by atomic mass is 9.59. The van der Waals surface area contributed by atoms with Crippen LogP contribution < -0.4 is 5.73 Å². The third-order valence-electron chi connectivity index (χ3n) is 4.27. The summed E-state index contributed by atoms with van der Waals surface area (Å²) in [6.07, 6.45) is 2.98. The molecule has 0 amide bonds. The van der Waals surface area contributed by atoms with E-state index in [1.807, 2.05) is 32.0 Å². The summed E-state index contributed by atoms with van der Waals surface area (Å²) in [5, 5.41) is 9.26. The van der Waals surface area contributed by atoms with Crippen LogP contribution in [0, 0.1) is 0 Å². The molecule has 1 aromatic carbocycles. The minimum Gasteiger partial charge on any atom is -0.481 e. The van der Waals surface area contributed by atoms with Gasteiger partial charge in [0.2, 0.25) is 0 Å². The largest absolute Gasteiger partial charge is 0.481 e. The highest BCUT2D eigenvalue weighted by atomic mass is 16.4. The monoisotopic (exact) mass is 247 g/mol. The lowest BCUT2D eigenvalue weighted by Gasteiger charge is -2.47. The van der Waals surface area contributed by atoms with Crippen LogP contribution in [0.3, 0.4) is 0 Å². The average molecular weight is 247 g/mol. The summed E-state index contributed by atoms with van der Waals surface area (Å²) in [6.45, 7) is 3.88. The van der Waals surface area contributed by atoms with Gasteiger partial charge in [0, 0.05) is 11.0 Å². The number of nitrogens with two attached hydrogens (primary N) is 1. The highest BCUT2D eigenvalue weighted by Gasteiger charge is 2.47. The second-order valence-corrected chi connectivity index (χ2v) is 5.89. The van der Waals surface area contributed by atoms with Crippen molar-refractivity contribution in [1.82, 2.24) is 0 Å². The van der Waals surface area contributed by atoms with E-state index in [4.69, 9.17) is 5.73 Å². The molecule has 0 bridgehead atoms. The maximum Gasteiger partial charge on any atom is 0.304 e. The van der Waals surface area contributed by atoms with E-state index in [0.717, 1.165) is 24.8 Å². The van der Waals surface area contributed by atoms with Crippen LogP contribution in [0.15, 0.2) is 24.3 Å². The Labute approximate surface area is 108 Å². The lowest BCUT2D eigenvalue weighted by molar-refractivity contribution is -0.139. The third-order valence-corrected chi connectivity index (χ3v) is 4.27. The Morgan fingerprint density at radius 2 is 2.11 bits per heavy atom. The molecule has 0 heterocycles. The van der Waals surface area contributed by atoms with Gasteiger partial charge in [-0.3, -0.25) is 4.79 Å². The van der Waals surface area contributed by atoms with Gasteiger partial charge in [-0.15, -0.1) is 0 Å². The Bertz CT molecular complexity index is 462. The maximum absolute atomic E-state index is 11.3. The van der Waals surface area contributed by atoms with Gasteiger partial charge in [-0.25, -0.2) is 0 Å². The number of benzene rings is 1. The molecule has 0 saturated heterocycles. The maximum atomic E-state index is 11.3. The van der Waals surface area contributed by atoms with E-state index in [-0.39, 0.29) is 6.42 Å². The molecular weight excluding hydrogens is 226 g/mol. The van der Waals surface area contributed by atoms with Crippen molar-refractivity contribution in [2.45, 2.75) is 50.5 Å². The van der Waals surface area contributed by atoms with Gasteiger partial charge in [-0.05, 0) is 44.2 Å². The highest BCUT2D eigenvalue weighted by molar-refractivity contribution is 5.70. The van der Waals surface area contributed by atoms with Crippen molar-refractivity contribution in [2.24, 2.45) is 5.73 Å². The summed E-state index contributed by atoms with van der Waals surface area (Å²) in [6, 6.07) is 8.13. The molecule has 3 heteroatoms. The number of aliphatic carboxylic acids is 1. The van der Waals surface area contributed by atoms with E-state index >= 15 is 0 Å². The first-order valence-corrected chi connectivity index (χ1v) is 6.46. The molecule has 0 radical (unpaired) electrons. The molecular formula is C15H21NO2. The average Bonchev–Trinajstić information content (AvgIpc) is 2.27. The first-order chi connectivity index (χ1) is 8.37. The van der Waals surface area contributed by atoms with Crippen LogP contribution in [0.4, 0.5) is 0 Å². The fourth-order valence-corrected chi connectivity index (χ4v) is 3.26. The van der Waals surface area contributed by atoms with Gasteiger partial charge < -0.3 is 10.8 Å². The Kier molecular flexibility index (Phi) is 3.20. The minimum atomic E-state index is -0.773. The molecule has 0 aliphatic heterocycles. The highest BCUT2D eigenvalue weighted by Crippen LogP contribution is 2.46. The number of aryl methyl sites for hydroxylation is 1. The molecule has 1 aromatic rings. The first kappa shape index (κ1) is 13.1. The van der Waals surface area contributed by atoms with Crippen LogP contribution in [-0.4, -0.2) is 16.6 Å². The first-order valence-electron chi connectivity index (χ1n) is 6.46. The summed E-state index contributed by atoms with van der Waals surface area (Å²) < 4.78 is 0. The molecule has 0 fully saturated rings. The molecule has 0 spiro atoms. The predicted octanol–water partition coefficient (Wildman–Crippen LogP) is 2.47. The van der Waals surface area contributed by atoms with Crippen LogP contribution >= 0.6 is 0 Å². The van der Waals surface area contributed by atoms with Crippen molar-refractivity contribution in [3.63, 3.8) is 0 Å². The van der Waals surface area contributed by atoms with Crippen LogP contribution in [0.2, 0.25) is 0 Å². The number of carbonyl (C=O) groups is 1. The Hall–Kier alpha value is -1.35. The lowest BCUT2D eigenvalue weighted by Crippen LogP contribution is -2.56. The summed E-state index contributed by atoms with van der Waals surface area (Å²) in [5.74, 6) is -0.773. The van der Waals surface area contributed by atoms with Gasteiger partial charge in [0.05, 0.1) is 6.42 Å². The van der Waals surface area contributed by atoms with Crippen LogP contribution in [-0.2, 0) is 16.6 Å². The van der Waals surface area contributed by atoms with Gasteiger partial charge in [-0.2, -0.15) is 0 Å². The molecule has 1 aliphatic carbocycles. The van der Waals surface area contributed by atoms with Crippen molar-refractivity contribution in [3.05, 3.63) is 35.4 Å². The molecule has 2 rings (SSSR count). The number of carboxylic acid groups (broad SMARTS) is 1. The SMILES string of the molecule is CC(C)(N)C1(CC(=O)O)CCCc2ccccc21. The minimum absolute atomic E-state index is 0.105. The zero-order valence-electron chi connectivity index (χ0n) is 11.1. The van der Waals surface area contributed by atoms with Crippen molar-refractivity contribution >= 4 is 5.97 Å². The fraction of sp³-hybridized carbons (Fsp3) is 0.533. The van der Waals surface area contributed by atoms with Crippen molar-refractivity contribution in [1.29, 1.82) is 0 Å². The Morgan fingerprint density at radius 3 is 2.72 bits per heavy atom. The molecule has 1 unspecified atom stereocenters. The molecule has 1 atom stereocenters. The summed E-state index contributed by atoms with van der Waals surface area (Å²) >= 11 is 0. The fourth-order valence-electron chi connectivity index (χ4n) is 3.26. The molecule has 3 nitrogen and oxygen atoms in total. The van der Waals surface area contributed by atoms with Crippen molar-refractivity contribution in [2.75, 3.05) is 0 Å². The molecule has 0 aromatic heterocycles.